The van der Waals surface area contributed by atoms with Crippen molar-refractivity contribution in [3.8, 4) is 33.6 Å². The number of nitrogens with zero attached hydrogens (tertiary/aromatic N) is 4. The van der Waals surface area contributed by atoms with Crippen LogP contribution < -0.4 is 10.6 Å². The van der Waals surface area contributed by atoms with E-state index in [2.05, 4.69) is 91.0 Å². The van der Waals surface area contributed by atoms with E-state index >= 15 is 0 Å². The summed E-state index contributed by atoms with van der Waals surface area (Å²) < 4.78 is 9.40. The van der Waals surface area contributed by atoms with Crippen molar-refractivity contribution in [1.29, 1.82) is 0 Å². The number of carbonyl (C=O) groups excluding carboxylic acids is 4. The Morgan fingerprint density at radius 2 is 1.33 bits per heavy atom. The highest BCUT2D eigenvalue weighted by Crippen LogP contribution is 2.36. The fourth-order valence-electron chi connectivity index (χ4n) is 7.80. The highest BCUT2D eigenvalue weighted by molar-refractivity contribution is 7.08. The van der Waals surface area contributed by atoms with E-state index in [1.54, 1.807) is 22.2 Å². The van der Waals surface area contributed by atoms with E-state index in [1.807, 2.05) is 16.8 Å². The molecule has 4 N–H and O–H groups in total. The molecular weight excluding hydrogens is 745 g/mol. The van der Waals surface area contributed by atoms with Crippen molar-refractivity contribution >= 4 is 46.1 Å². The maximum absolute atomic E-state index is 13.8. The summed E-state index contributed by atoms with van der Waals surface area (Å²) >= 11 is 1.46. The van der Waals surface area contributed by atoms with Crippen LogP contribution in [0.4, 0.5) is 9.59 Å². The summed E-state index contributed by atoms with van der Waals surface area (Å²) in [4.78, 5) is 70.0. The molecule has 3 aromatic heterocycles. The zero-order valence-electron chi connectivity index (χ0n) is 31.5. The summed E-state index contributed by atoms with van der Waals surface area (Å²) in [5.74, 6) is 1.07. The summed E-state index contributed by atoms with van der Waals surface area (Å²) in [6, 6.07) is 21.6. The van der Waals surface area contributed by atoms with Gasteiger partial charge in [-0.05, 0) is 87.7 Å². The highest BCUT2D eigenvalue weighted by atomic mass is 32.1. The van der Waals surface area contributed by atoms with Crippen LogP contribution in [0.15, 0.2) is 89.9 Å². The normalized spacial score (nSPS) is 17.1. The van der Waals surface area contributed by atoms with Crippen LogP contribution >= 0.6 is 11.3 Å². The number of amides is 4. The lowest BCUT2D eigenvalue weighted by Gasteiger charge is -2.28. The number of aromatic amines is 2. The van der Waals surface area contributed by atoms with Crippen LogP contribution in [0.3, 0.4) is 0 Å². The zero-order valence-corrected chi connectivity index (χ0v) is 32.3. The molecule has 0 spiro atoms. The largest absolute Gasteiger partial charge is 0.453 e. The number of H-pyrrole nitrogens is 2. The number of likely N-dealkylation sites (tertiary alicyclic amines) is 2. The molecule has 15 heteroatoms. The Labute approximate surface area is 332 Å². The lowest BCUT2D eigenvalue weighted by Crippen LogP contribution is -2.42. The van der Waals surface area contributed by atoms with Crippen LogP contribution in [-0.2, 0) is 19.1 Å². The van der Waals surface area contributed by atoms with Crippen molar-refractivity contribution in [2.24, 2.45) is 0 Å². The number of imidazole rings is 2. The molecular formula is C42H42N8O6S. The van der Waals surface area contributed by atoms with Crippen molar-refractivity contribution in [3.63, 3.8) is 0 Å². The molecule has 5 heterocycles. The first-order chi connectivity index (χ1) is 27.8. The minimum Gasteiger partial charge on any atom is -0.453 e. The molecule has 0 saturated carbocycles. The molecule has 6 aromatic rings. The second-order valence-electron chi connectivity index (χ2n) is 14.1. The Kier molecular flexibility index (Phi) is 10.7. The van der Waals surface area contributed by atoms with E-state index < -0.39 is 18.2 Å². The Morgan fingerprint density at radius 1 is 0.754 bits per heavy atom. The summed E-state index contributed by atoms with van der Waals surface area (Å²) in [5, 5.41) is 11.1. The van der Waals surface area contributed by atoms with Gasteiger partial charge in [0, 0.05) is 18.7 Å². The van der Waals surface area contributed by atoms with E-state index in [-0.39, 0.29) is 30.4 Å². The summed E-state index contributed by atoms with van der Waals surface area (Å²) in [6.07, 6.45) is 5.55. The van der Waals surface area contributed by atoms with E-state index in [0.717, 1.165) is 81.5 Å². The SMILES string of the molecule is COC(=O)NCC(=O)N1CCC[C@H]1c1ncc(-c2ccc3cc(-c4ccc(-c5cnc([C@@H]6CCCN6C(=O)[C@@H](NC(=O)OC)c6ccsc6)[nH]5)cc4)ccc3c2)[nH]1. The van der Waals surface area contributed by atoms with Crippen LogP contribution in [0.2, 0.25) is 0 Å². The quantitative estimate of drug-likeness (QED) is 0.114. The van der Waals surface area contributed by atoms with Gasteiger partial charge in [0.05, 0.1) is 50.1 Å². The number of ether oxygens (including phenoxy) is 2. The van der Waals surface area contributed by atoms with Gasteiger partial charge < -0.3 is 39.9 Å². The minimum absolute atomic E-state index is 0.124. The molecule has 2 fully saturated rings. The topological polar surface area (TPSA) is 175 Å². The van der Waals surface area contributed by atoms with E-state index in [0.29, 0.717) is 18.9 Å². The number of hydrogen-bond donors (Lipinski definition) is 4. The Balaban J connectivity index is 0.936. The number of carbonyl (C=O) groups is 4. The first kappa shape index (κ1) is 37.4. The van der Waals surface area contributed by atoms with Gasteiger partial charge in [-0.2, -0.15) is 11.3 Å². The van der Waals surface area contributed by atoms with E-state index in [4.69, 9.17) is 9.72 Å². The number of thiophene rings is 1. The molecule has 14 nitrogen and oxygen atoms in total. The molecule has 0 bridgehead atoms. The predicted octanol–water partition coefficient (Wildman–Crippen LogP) is 7.13. The molecule has 57 heavy (non-hydrogen) atoms. The van der Waals surface area contributed by atoms with Crippen molar-refractivity contribution in [1.82, 2.24) is 40.4 Å². The smallest absolute Gasteiger partial charge is 0.407 e. The molecule has 8 rings (SSSR count). The number of rotatable bonds is 10. The fraction of sp³-hybridized carbons (Fsp3) is 0.286. The molecule has 3 atom stereocenters. The third-order valence-corrected chi connectivity index (χ3v) is 11.5. The number of benzene rings is 3. The molecule has 4 amide bonds. The van der Waals surface area contributed by atoms with Gasteiger partial charge in [-0.15, -0.1) is 0 Å². The van der Waals surface area contributed by atoms with Gasteiger partial charge in [0.15, 0.2) is 0 Å². The summed E-state index contributed by atoms with van der Waals surface area (Å²) in [7, 11) is 2.55. The Hall–Kier alpha value is -6.48. The van der Waals surface area contributed by atoms with Crippen LogP contribution in [0.5, 0.6) is 0 Å². The van der Waals surface area contributed by atoms with Crippen LogP contribution in [0, 0.1) is 0 Å². The lowest BCUT2D eigenvalue weighted by atomic mass is 9.98. The van der Waals surface area contributed by atoms with Crippen molar-refractivity contribution in [2.45, 2.75) is 43.8 Å². The second-order valence-corrected chi connectivity index (χ2v) is 14.9. The first-order valence-electron chi connectivity index (χ1n) is 18.8. The molecule has 292 valence electrons. The molecule has 2 saturated heterocycles. The van der Waals surface area contributed by atoms with E-state index in [9.17, 15) is 19.2 Å². The van der Waals surface area contributed by atoms with Crippen molar-refractivity contribution < 1.29 is 28.7 Å². The maximum atomic E-state index is 13.8. The highest BCUT2D eigenvalue weighted by Gasteiger charge is 2.37. The fourth-order valence-corrected chi connectivity index (χ4v) is 8.48. The van der Waals surface area contributed by atoms with Crippen LogP contribution in [0.1, 0.15) is 61.0 Å². The second kappa shape index (κ2) is 16.3. The zero-order chi connectivity index (χ0) is 39.5. The number of methoxy groups -OCH3 is 2. The monoisotopic (exact) mass is 786 g/mol. The molecule has 2 aliphatic heterocycles. The average molecular weight is 787 g/mol. The number of aromatic nitrogens is 4. The number of alkyl carbamates (subject to hydrolysis) is 2. The Bertz CT molecular complexity index is 2410. The van der Waals surface area contributed by atoms with Crippen LogP contribution in [-0.4, -0.2) is 87.6 Å². The maximum Gasteiger partial charge on any atom is 0.407 e. The third-order valence-electron chi connectivity index (χ3n) is 10.8. The third kappa shape index (κ3) is 7.83. The van der Waals surface area contributed by atoms with E-state index in [1.165, 1.54) is 25.6 Å². The van der Waals surface area contributed by atoms with Gasteiger partial charge in [-0.25, -0.2) is 19.6 Å². The number of fused-ring (bicyclic) bond motifs is 1. The first-order valence-corrected chi connectivity index (χ1v) is 19.8. The lowest BCUT2D eigenvalue weighted by molar-refractivity contribution is -0.134. The van der Waals surface area contributed by atoms with Gasteiger partial charge in [-0.3, -0.25) is 9.59 Å². The van der Waals surface area contributed by atoms with Crippen molar-refractivity contribution in [3.05, 3.63) is 107 Å². The average Bonchev–Trinajstić information content (AvgIpc) is 4.10. The molecule has 0 aliphatic carbocycles. The standard InChI is InChI=1S/C42H42N8O6S/c1-55-41(53)45-23-36(51)49-16-3-5-34(49)38-44-22-33(47-38)30-14-13-28-19-27(11-12-29(28)20-30)25-7-9-26(10-8-25)32-21-43-39(46-32)35-6-4-17-50(35)40(52)37(48-42(54)56-2)31-15-18-57-24-31/h7-15,18-22,24,34-35,37H,3-6,16-17,23H2,1-2H3,(H,43,46)(H,44,47)(H,45,53)(H,48,54)/t34-,35-,37-/m0/s1. The molecule has 3 aromatic carbocycles. The van der Waals surface area contributed by atoms with Crippen molar-refractivity contribution in [2.75, 3.05) is 33.9 Å². The summed E-state index contributed by atoms with van der Waals surface area (Å²) in [6.45, 7) is 1.05. The minimum atomic E-state index is -0.841. The van der Waals surface area contributed by atoms with Gasteiger partial charge in [0.1, 0.15) is 24.2 Å². The van der Waals surface area contributed by atoms with Gasteiger partial charge >= 0.3 is 12.2 Å². The number of hydrogen-bond acceptors (Lipinski definition) is 9. The van der Waals surface area contributed by atoms with Crippen LogP contribution in [0.25, 0.3) is 44.4 Å². The van der Waals surface area contributed by atoms with Gasteiger partial charge in [0.25, 0.3) is 5.91 Å². The molecule has 0 radical (unpaired) electrons. The molecule has 0 unspecified atom stereocenters. The van der Waals surface area contributed by atoms with Gasteiger partial charge in [-0.1, -0.05) is 48.5 Å². The molecule has 2 aliphatic rings. The number of nitrogens with one attached hydrogen (secondary N) is 4. The summed E-state index contributed by atoms with van der Waals surface area (Å²) in [5.41, 5.74) is 6.57. The predicted molar refractivity (Wildman–Crippen MR) is 215 cm³/mol. The Morgan fingerprint density at radius 3 is 1.98 bits per heavy atom. The van der Waals surface area contributed by atoms with Gasteiger partial charge in [0.2, 0.25) is 5.91 Å².